The molecule has 0 aliphatic heterocycles. The zero-order valence-electron chi connectivity index (χ0n) is 34.5. The van der Waals surface area contributed by atoms with Crippen LogP contribution in [0.3, 0.4) is 0 Å². The lowest BCUT2D eigenvalue weighted by Crippen LogP contribution is -2.16. The van der Waals surface area contributed by atoms with Gasteiger partial charge in [-0.05, 0) is 107 Å². The number of anilines is 3. The summed E-state index contributed by atoms with van der Waals surface area (Å²) in [6, 6.07) is 50.6. The number of fused-ring (bicyclic) bond motifs is 9. The molecule has 1 N–H and O–H groups in total. The van der Waals surface area contributed by atoms with Gasteiger partial charge in [0.25, 0.3) is 0 Å². The van der Waals surface area contributed by atoms with Crippen molar-refractivity contribution in [3.05, 3.63) is 210 Å². The zero-order chi connectivity index (χ0) is 41.0. The molecule has 0 unspecified atom stereocenters. The average molecular weight is 775 g/mol. The monoisotopic (exact) mass is 774 g/mol. The third-order valence-electron chi connectivity index (χ3n) is 12.2. The molecule has 10 rings (SSSR count). The number of allylic oxidation sites excluding steroid dienone is 6. The SMILES string of the molecule is C=C/C=C(\C=C/C)c1ccc(N(c2cccc3c2-c2ccccc2C3(C)C)c2cccc3oc(/C=C\C)c(C=Cc4cc5c6ccccc6[nH]c5c5ccccc45)c23)cc1. The van der Waals surface area contributed by atoms with Crippen LogP contribution in [0.25, 0.3) is 78.5 Å². The van der Waals surface area contributed by atoms with Gasteiger partial charge in [0.05, 0.1) is 22.3 Å². The third-order valence-corrected chi connectivity index (χ3v) is 12.2. The van der Waals surface area contributed by atoms with Crippen LogP contribution in [-0.2, 0) is 5.41 Å². The lowest BCUT2D eigenvalue weighted by Gasteiger charge is -2.29. The summed E-state index contributed by atoms with van der Waals surface area (Å²) in [5, 5.41) is 5.88. The zero-order valence-corrected chi connectivity index (χ0v) is 34.5. The summed E-state index contributed by atoms with van der Waals surface area (Å²) >= 11 is 0. The van der Waals surface area contributed by atoms with Gasteiger partial charge < -0.3 is 14.3 Å². The minimum atomic E-state index is -0.155. The molecule has 1 aliphatic rings. The van der Waals surface area contributed by atoms with Crippen molar-refractivity contribution in [2.24, 2.45) is 0 Å². The smallest absolute Gasteiger partial charge is 0.137 e. The molecule has 0 amide bonds. The lowest BCUT2D eigenvalue weighted by molar-refractivity contribution is 0.603. The summed E-state index contributed by atoms with van der Waals surface area (Å²) in [5.41, 5.74) is 15.8. The molecular formula is C57H46N2O. The molecule has 7 aromatic carbocycles. The Kier molecular flexibility index (Phi) is 9.10. The van der Waals surface area contributed by atoms with Crippen LogP contribution in [0.4, 0.5) is 17.1 Å². The first-order valence-corrected chi connectivity index (χ1v) is 20.8. The maximum absolute atomic E-state index is 6.79. The Labute approximate surface area is 351 Å². The van der Waals surface area contributed by atoms with Gasteiger partial charge in [-0.15, -0.1) is 0 Å². The fourth-order valence-corrected chi connectivity index (χ4v) is 9.51. The van der Waals surface area contributed by atoms with E-state index < -0.39 is 0 Å². The molecule has 0 radical (unpaired) electrons. The fraction of sp³-hybridized carbons (Fsp3) is 0.0877. The molecule has 0 spiro atoms. The standard InChI is InChI=1S/C57H46N2O/c1-6-17-37(18-7-2)38-30-33-40(34-31-38)59(50-27-15-25-48-54(50)44-23-11-13-24-47(44)57(48,4)5)51-28-16-29-53-55(51)45(52(60-53)19-8-3)35-32-39-36-46-42-21-12-14-26-49(42)58-56(46)43-22-10-9-20-41(39)43/h6-36,58H,1H2,2-5H3/b18-7-,19-8-,35-32?,37-17+. The predicted molar refractivity (Wildman–Crippen MR) is 258 cm³/mol. The van der Waals surface area contributed by atoms with E-state index in [0.717, 1.165) is 67.1 Å². The Morgan fingerprint density at radius 1 is 0.667 bits per heavy atom. The highest BCUT2D eigenvalue weighted by atomic mass is 16.3. The van der Waals surface area contributed by atoms with Crippen LogP contribution in [0.2, 0.25) is 0 Å². The summed E-state index contributed by atoms with van der Waals surface area (Å²) in [4.78, 5) is 6.15. The molecule has 3 heteroatoms. The van der Waals surface area contributed by atoms with Gasteiger partial charge in [-0.1, -0.05) is 154 Å². The summed E-state index contributed by atoms with van der Waals surface area (Å²) in [6.07, 6.45) is 16.8. The molecule has 9 aromatic rings. The molecule has 0 atom stereocenters. The van der Waals surface area contributed by atoms with Crippen molar-refractivity contribution in [1.82, 2.24) is 4.98 Å². The molecule has 290 valence electrons. The molecule has 1 aliphatic carbocycles. The van der Waals surface area contributed by atoms with E-state index in [-0.39, 0.29) is 5.41 Å². The number of hydrogen-bond acceptors (Lipinski definition) is 2. The number of nitrogens with one attached hydrogen (secondary N) is 1. The molecule has 3 nitrogen and oxygen atoms in total. The summed E-state index contributed by atoms with van der Waals surface area (Å²) in [6.45, 7) is 12.8. The van der Waals surface area contributed by atoms with Gasteiger partial charge in [0.1, 0.15) is 11.3 Å². The van der Waals surface area contributed by atoms with Crippen LogP contribution in [0.5, 0.6) is 0 Å². The lowest BCUT2D eigenvalue weighted by atomic mass is 9.82. The maximum atomic E-state index is 6.79. The van der Waals surface area contributed by atoms with E-state index in [0.29, 0.717) is 0 Å². The van der Waals surface area contributed by atoms with Crippen LogP contribution in [0.15, 0.2) is 181 Å². The summed E-state index contributed by atoms with van der Waals surface area (Å²) in [5.74, 6) is 0.819. The van der Waals surface area contributed by atoms with E-state index >= 15 is 0 Å². The minimum absolute atomic E-state index is 0.155. The molecule has 60 heavy (non-hydrogen) atoms. The number of furan rings is 1. The Balaban J connectivity index is 1.23. The van der Waals surface area contributed by atoms with Gasteiger partial charge in [0.15, 0.2) is 0 Å². The number of H-pyrrole nitrogens is 1. The normalized spacial score (nSPS) is 13.8. The van der Waals surface area contributed by atoms with Gasteiger partial charge >= 0.3 is 0 Å². The van der Waals surface area contributed by atoms with Gasteiger partial charge in [0.2, 0.25) is 0 Å². The van der Waals surface area contributed by atoms with Crippen LogP contribution >= 0.6 is 0 Å². The van der Waals surface area contributed by atoms with Gasteiger partial charge in [-0.3, -0.25) is 0 Å². The number of para-hydroxylation sites is 1. The number of benzene rings is 7. The van der Waals surface area contributed by atoms with E-state index in [9.17, 15) is 0 Å². The average Bonchev–Trinajstić information content (AvgIpc) is 3.91. The number of aromatic amines is 1. The Morgan fingerprint density at radius 3 is 2.18 bits per heavy atom. The predicted octanol–water partition coefficient (Wildman–Crippen LogP) is 16.3. The maximum Gasteiger partial charge on any atom is 0.137 e. The first-order valence-electron chi connectivity index (χ1n) is 20.8. The molecule has 0 fully saturated rings. The number of rotatable bonds is 9. The number of hydrogen-bond donors (Lipinski definition) is 1. The number of nitrogens with zero attached hydrogens (tertiary/aromatic N) is 1. The molecule has 2 aromatic heterocycles. The van der Waals surface area contributed by atoms with Gasteiger partial charge in [0, 0.05) is 43.9 Å². The second-order valence-electron chi connectivity index (χ2n) is 16.1. The van der Waals surface area contributed by atoms with Gasteiger partial charge in [-0.2, -0.15) is 0 Å². The first kappa shape index (κ1) is 36.9. The van der Waals surface area contributed by atoms with Crippen molar-refractivity contribution in [3.63, 3.8) is 0 Å². The Hall–Kier alpha value is -7.36. The Morgan fingerprint density at radius 2 is 1.38 bits per heavy atom. The van der Waals surface area contributed by atoms with E-state index in [2.05, 4.69) is 212 Å². The van der Waals surface area contributed by atoms with Crippen LogP contribution in [0.1, 0.15) is 61.3 Å². The van der Waals surface area contributed by atoms with Crippen molar-refractivity contribution in [1.29, 1.82) is 0 Å². The van der Waals surface area contributed by atoms with Crippen LogP contribution in [-0.4, -0.2) is 4.98 Å². The molecule has 0 saturated heterocycles. The van der Waals surface area contributed by atoms with Crippen molar-refractivity contribution in [2.75, 3.05) is 4.90 Å². The summed E-state index contributed by atoms with van der Waals surface area (Å²) in [7, 11) is 0. The molecule has 2 heterocycles. The Bertz CT molecular complexity index is 3270. The topological polar surface area (TPSA) is 32.2 Å². The third kappa shape index (κ3) is 5.88. The molecule has 0 bridgehead atoms. The minimum Gasteiger partial charge on any atom is -0.456 e. The van der Waals surface area contributed by atoms with Gasteiger partial charge in [-0.25, -0.2) is 0 Å². The molecular weight excluding hydrogens is 729 g/mol. The summed E-state index contributed by atoms with van der Waals surface area (Å²) < 4.78 is 6.79. The highest BCUT2D eigenvalue weighted by Crippen LogP contribution is 2.55. The second-order valence-corrected chi connectivity index (χ2v) is 16.1. The molecule has 0 saturated carbocycles. The van der Waals surface area contributed by atoms with E-state index in [1.54, 1.807) is 0 Å². The van der Waals surface area contributed by atoms with Crippen LogP contribution < -0.4 is 4.90 Å². The van der Waals surface area contributed by atoms with Crippen molar-refractivity contribution < 1.29 is 4.42 Å². The highest BCUT2D eigenvalue weighted by Gasteiger charge is 2.38. The van der Waals surface area contributed by atoms with Crippen molar-refractivity contribution in [3.8, 4) is 11.1 Å². The fourth-order valence-electron chi connectivity index (χ4n) is 9.51. The number of aromatic nitrogens is 1. The quantitative estimate of drug-likeness (QED) is 0.148. The van der Waals surface area contributed by atoms with E-state index in [1.807, 2.05) is 19.9 Å². The van der Waals surface area contributed by atoms with E-state index in [1.165, 1.54) is 43.8 Å². The van der Waals surface area contributed by atoms with E-state index in [4.69, 9.17) is 4.42 Å². The van der Waals surface area contributed by atoms with Crippen molar-refractivity contribution in [2.45, 2.75) is 33.1 Å². The highest BCUT2D eigenvalue weighted by molar-refractivity contribution is 6.19. The largest absolute Gasteiger partial charge is 0.456 e. The van der Waals surface area contributed by atoms with Crippen molar-refractivity contribution >= 4 is 84.4 Å². The second kappa shape index (κ2) is 14.8. The first-order chi connectivity index (χ1) is 29.4. The van der Waals surface area contributed by atoms with Crippen LogP contribution in [0, 0.1) is 0 Å².